The minimum absolute atomic E-state index is 0. The Morgan fingerprint density at radius 1 is 0.400 bits per heavy atom. The van der Waals surface area contributed by atoms with Crippen molar-refractivity contribution in [2.24, 2.45) is 47.3 Å². The predicted molar refractivity (Wildman–Crippen MR) is 33.7 cm³/mol. The van der Waals surface area contributed by atoms with Crippen molar-refractivity contribution < 1.29 is 17.1 Å². The maximum atomic E-state index is 1.33. The van der Waals surface area contributed by atoms with Crippen LogP contribution in [0.4, 0.5) is 0 Å². The van der Waals surface area contributed by atoms with E-state index in [1.54, 1.807) is 0 Å². The molecule has 6 rings (SSSR count). The topological polar surface area (TPSA) is 0 Å². The molecular formula is C8H8BaCu. The first-order valence-electron chi connectivity index (χ1n) is 4.00. The standard InChI is InChI=1S/C8H8.Ba.Cu/c1-2-5-3(1)7-4(1)6(2)8(5)7;;/h1-8H;;. The second-order valence-electron chi connectivity index (χ2n) is 4.62. The van der Waals surface area contributed by atoms with Crippen LogP contribution >= 0.6 is 0 Å². The van der Waals surface area contributed by atoms with Crippen molar-refractivity contribution in [3.63, 3.8) is 0 Å². The average molecular weight is 305 g/mol. The SMILES string of the molecule is C12C3C4C1C1C2C3C41.[Ba].[Cu]. The monoisotopic (exact) mass is 305 g/mol. The van der Waals surface area contributed by atoms with E-state index in [0.29, 0.717) is 0 Å². The first-order chi connectivity index (χ1) is 4.00. The van der Waals surface area contributed by atoms with Crippen LogP contribution in [0.15, 0.2) is 0 Å². The summed E-state index contributed by atoms with van der Waals surface area (Å²) in [7, 11) is 0. The van der Waals surface area contributed by atoms with E-state index < -0.39 is 0 Å². The summed E-state index contributed by atoms with van der Waals surface area (Å²) in [6, 6.07) is 0. The molecule has 0 N–H and O–H groups in total. The zero-order valence-corrected chi connectivity index (χ0v) is 11.0. The zero-order valence-electron chi connectivity index (χ0n) is 5.63. The fourth-order valence-electron chi connectivity index (χ4n) is 5.29. The molecule has 6 saturated carbocycles. The Morgan fingerprint density at radius 2 is 0.500 bits per heavy atom. The molecule has 10 heavy (non-hydrogen) atoms. The van der Waals surface area contributed by atoms with Crippen LogP contribution in [0, 0.1) is 47.3 Å². The van der Waals surface area contributed by atoms with Gasteiger partial charge in [0.05, 0.1) is 0 Å². The van der Waals surface area contributed by atoms with Crippen molar-refractivity contribution in [3.05, 3.63) is 0 Å². The van der Waals surface area contributed by atoms with Gasteiger partial charge in [0, 0.05) is 65.9 Å². The van der Waals surface area contributed by atoms with Gasteiger partial charge in [-0.3, -0.25) is 0 Å². The van der Waals surface area contributed by atoms with Crippen molar-refractivity contribution in [2.45, 2.75) is 0 Å². The maximum Gasteiger partial charge on any atom is 0 e. The Morgan fingerprint density at radius 3 is 0.600 bits per heavy atom. The maximum absolute atomic E-state index is 1.33. The van der Waals surface area contributed by atoms with Gasteiger partial charge in [-0.05, 0) is 47.3 Å². The Balaban J connectivity index is 0.000000180. The van der Waals surface area contributed by atoms with E-state index in [9.17, 15) is 0 Å². The molecular weight excluding hydrogens is 297 g/mol. The van der Waals surface area contributed by atoms with Crippen LogP contribution in [0.1, 0.15) is 0 Å². The summed E-state index contributed by atoms with van der Waals surface area (Å²) in [4.78, 5) is 0. The number of rotatable bonds is 0. The number of hydrogen-bond donors (Lipinski definition) is 0. The van der Waals surface area contributed by atoms with Gasteiger partial charge in [-0.2, -0.15) is 0 Å². The quantitative estimate of drug-likeness (QED) is 0.575. The third-order valence-corrected chi connectivity index (χ3v) is 5.33. The van der Waals surface area contributed by atoms with E-state index in [2.05, 4.69) is 0 Å². The molecule has 0 aromatic rings. The molecule has 0 aromatic carbocycles. The van der Waals surface area contributed by atoms with Crippen molar-refractivity contribution in [1.82, 2.24) is 0 Å². The van der Waals surface area contributed by atoms with Crippen LogP contribution < -0.4 is 0 Å². The summed E-state index contributed by atoms with van der Waals surface area (Å²) in [5.41, 5.74) is 0. The van der Waals surface area contributed by atoms with Crippen LogP contribution in [0.2, 0.25) is 0 Å². The van der Waals surface area contributed by atoms with Gasteiger partial charge in [0.1, 0.15) is 0 Å². The molecule has 2 heteroatoms. The molecule has 0 heterocycles. The Kier molecular flexibility index (Phi) is 1.24. The second kappa shape index (κ2) is 1.66. The summed E-state index contributed by atoms with van der Waals surface area (Å²) >= 11 is 0. The van der Waals surface area contributed by atoms with E-state index in [-0.39, 0.29) is 65.9 Å². The van der Waals surface area contributed by atoms with E-state index in [4.69, 9.17) is 0 Å². The normalized spacial score (nSPS) is 86.4. The average Bonchev–Trinajstić information content (AvgIpc) is 1.90. The first kappa shape index (κ1) is 7.49. The van der Waals surface area contributed by atoms with E-state index in [1.807, 2.05) is 0 Å². The van der Waals surface area contributed by atoms with Gasteiger partial charge in [0.15, 0.2) is 0 Å². The van der Waals surface area contributed by atoms with E-state index in [0.717, 1.165) is 0 Å². The second-order valence-corrected chi connectivity index (χ2v) is 4.62. The van der Waals surface area contributed by atoms with Gasteiger partial charge in [-0.1, -0.05) is 0 Å². The molecule has 0 bridgehead atoms. The van der Waals surface area contributed by atoms with Gasteiger partial charge in [-0.15, -0.1) is 0 Å². The van der Waals surface area contributed by atoms with E-state index in [1.165, 1.54) is 47.3 Å². The molecule has 3 radical (unpaired) electrons. The van der Waals surface area contributed by atoms with Crippen LogP contribution in [-0.2, 0) is 17.1 Å². The molecule has 0 aliphatic heterocycles. The zero-order chi connectivity index (χ0) is 4.62. The van der Waals surface area contributed by atoms with Crippen LogP contribution in [-0.4, -0.2) is 48.9 Å². The Labute approximate surface area is 111 Å². The molecule has 6 aliphatic rings. The van der Waals surface area contributed by atoms with Crippen molar-refractivity contribution in [3.8, 4) is 0 Å². The van der Waals surface area contributed by atoms with Crippen LogP contribution in [0.3, 0.4) is 0 Å². The van der Waals surface area contributed by atoms with Crippen molar-refractivity contribution in [1.29, 1.82) is 0 Å². The fourth-order valence-corrected chi connectivity index (χ4v) is 5.29. The van der Waals surface area contributed by atoms with Gasteiger partial charge in [0.2, 0.25) is 0 Å². The third kappa shape index (κ3) is 0.332. The molecule has 0 saturated heterocycles. The van der Waals surface area contributed by atoms with Crippen LogP contribution in [0.5, 0.6) is 0 Å². The summed E-state index contributed by atoms with van der Waals surface area (Å²) in [6.45, 7) is 0. The Bertz CT molecular complexity index is 119. The summed E-state index contributed by atoms with van der Waals surface area (Å²) in [5, 5.41) is 0. The smallest absolute Gasteiger partial charge is 0 e. The van der Waals surface area contributed by atoms with Crippen molar-refractivity contribution in [2.75, 3.05) is 0 Å². The van der Waals surface area contributed by atoms with Gasteiger partial charge < -0.3 is 0 Å². The van der Waals surface area contributed by atoms with Crippen molar-refractivity contribution >= 4 is 48.9 Å². The molecule has 6 aliphatic carbocycles. The minimum atomic E-state index is 0. The molecule has 53 valence electrons. The van der Waals surface area contributed by atoms with E-state index >= 15 is 0 Å². The predicted octanol–water partition coefficient (Wildman–Crippen LogP) is 0.601. The van der Waals surface area contributed by atoms with Gasteiger partial charge >= 0.3 is 0 Å². The molecule has 0 amide bonds. The summed E-state index contributed by atoms with van der Waals surface area (Å²) < 4.78 is 0. The molecule has 0 spiro atoms. The first-order valence-corrected chi connectivity index (χ1v) is 4.00. The molecule has 6 fully saturated rings. The molecule has 0 aromatic heterocycles. The summed E-state index contributed by atoms with van der Waals surface area (Å²) in [6.07, 6.45) is 0. The molecule has 0 unspecified atom stereocenters. The fraction of sp³-hybridized carbons (Fsp3) is 1.00. The van der Waals surface area contributed by atoms with Crippen LogP contribution in [0.25, 0.3) is 0 Å². The minimum Gasteiger partial charge on any atom is -0.0312 e. The van der Waals surface area contributed by atoms with Gasteiger partial charge in [0.25, 0.3) is 0 Å². The Hall–Kier alpha value is 2.09. The number of hydrogen-bond acceptors (Lipinski definition) is 0. The third-order valence-electron chi connectivity index (χ3n) is 5.33. The molecule has 0 nitrogen and oxygen atoms in total. The molecule has 0 atom stereocenters. The largest absolute Gasteiger partial charge is 0.0312 e. The van der Waals surface area contributed by atoms with Gasteiger partial charge in [-0.25, -0.2) is 0 Å². The summed E-state index contributed by atoms with van der Waals surface area (Å²) in [5.74, 6) is 10.7.